The molecule has 1 aliphatic rings. The Morgan fingerprint density at radius 1 is 1.11 bits per heavy atom. The predicted molar refractivity (Wildman–Crippen MR) is 78.4 cm³/mol. The summed E-state index contributed by atoms with van der Waals surface area (Å²) in [5.41, 5.74) is 3.64. The van der Waals surface area contributed by atoms with Gasteiger partial charge in [0, 0.05) is 18.3 Å². The Morgan fingerprint density at radius 3 is 2.58 bits per heavy atom. The van der Waals surface area contributed by atoms with E-state index < -0.39 is 6.10 Å². The highest BCUT2D eigenvalue weighted by atomic mass is 16.3. The van der Waals surface area contributed by atoms with Gasteiger partial charge in [-0.15, -0.1) is 0 Å². The average Bonchev–Trinajstić information content (AvgIpc) is 2.76. The van der Waals surface area contributed by atoms with Gasteiger partial charge >= 0.3 is 0 Å². The molecule has 0 saturated carbocycles. The van der Waals surface area contributed by atoms with Crippen molar-refractivity contribution in [3.63, 3.8) is 0 Å². The summed E-state index contributed by atoms with van der Waals surface area (Å²) in [5, 5.41) is 10.4. The summed E-state index contributed by atoms with van der Waals surface area (Å²) in [6.45, 7) is 2.87. The Balaban J connectivity index is 1.80. The highest BCUT2D eigenvalue weighted by molar-refractivity contribution is 5.59. The number of nitrogens with zero attached hydrogens (tertiary/aromatic N) is 1. The SMILES string of the molecule is C[C@H]1Cc2ccccc2N1C[C@H](O)c1ccccc1. The van der Waals surface area contributed by atoms with Crippen molar-refractivity contribution in [1.29, 1.82) is 0 Å². The van der Waals surface area contributed by atoms with Gasteiger partial charge in [0.2, 0.25) is 0 Å². The van der Waals surface area contributed by atoms with E-state index in [2.05, 4.69) is 36.1 Å². The first-order valence-electron chi connectivity index (χ1n) is 6.83. The molecule has 2 heteroatoms. The van der Waals surface area contributed by atoms with Crippen LogP contribution in [0.2, 0.25) is 0 Å². The fraction of sp³-hybridized carbons (Fsp3) is 0.294. The number of benzene rings is 2. The summed E-state index contributed by atoms with van der Waals surface area (Å²) in [6.07, 6.45) is 0.632. The van der Waals surface area contributed by atoms with E-state index >= 15 is 0 Å². The van der Waals surface area contributed by atoms with Crippen molar-refractivity contribution in [2.24, 2.45) is 0 Å². The zero-order valence-electron chi connectivity index (χ0n) is 11.2. The second-order valence-corrected chi connectivity index (χ2v) is 5.26. The van der Waals surface area contributed by atoms with E-state index in [4.69, 9.17) is 0 Å². The number of hydrogen-bond donors (Lipinski definition) is 1. The molecule has 1 N–H and O–H groups in total. The van der Waals surface area contributed by atoms with Gasteiger partial charge in [0.15, 0.2) is 0 Å². The minimum absolute atomic E-state index is 0.435. The highest BCUT2D eigenvalue weighted by Gasteiger charge is 2.27. The molecule has 2 nitrogen and oxygen atoms in total. The molecular weight excluding hydrogens is 234 g/mol. The van der Waals surface area contributed by atoms with E-state index in [0.717, 1.165) is 12.0 Å². The molecule has 98 valence electrons. The van der Waals surface area contributed by atoms with Crippen molar-refractivity contribution in [2.45, 2.75) is 25.5 Å². The molecule has 1 heterocycles. The Labute approximate surface area is 114 Å². The van der Waals surface area contributed by atoms with Gasteiger partial charge in [-0.25, -0.2) is 0 Å². The van der Waals surface area contributed by atoms with Crippen molar-refractivity contribution in [1.82, 2.24) is 0 Å². The third kappa shape index (κ3) is 2.36. The summed E-state index contributed by atoms with van der Waals surface area (Å²) in [5.74, 6) is 0. The number of anilines is 1. The molecule has 1 aliphatic heterocycles. The lowest BCUT2D eigenvalue weighted by molar-refractivity contribution is 0.181. The summed E-state index contributed by atoms with van der Waals surface area (Å²) in [4.78, 5) is 2.31. The maximum atomic E-state index is 10.4. The first-order chi connectivity index (χ1) is 9.25. The van der Waals surface area contributed by atoms with Crippen LogP contribution >= 0.6 is 0 Å². The normalized spacial score (nSPS) is 19.3. The van der Waals surface area contributed by atoms with Crippen LogP contribution in [0.15, 0.2) is 54.6 Å². The molecule has 0 radical (unpaired) electrons. The first kappa shape index (κ1) is 12.2. The van der Waals surface area contributed by atoms with Crippen molar-refractivity contribution >= 4 is 5.69 Å². The van der Waals surface area contributed by atoms with Crippen LogP contribution in [0.5, 0.6) is 0 Å². The Bertz CT molecular complexity index is 552. The van der Waals surface area contributed by atoms with Gasteiger partial charge in [-0.05, 0) is 30.5 Å². The molecular formula is C17H19NO. The molecule has 0 bridgehead atoms. The number of hydrogen-bond acceptors (Lipinski definition) is 2. The number of aliphatic hydroxyl groups excluding tert-OH is 1. The maximum absolute atomic E-state index is 10.4. The molecule has 0 spiro atoms. The zero-order valence-corrected chi connectivity index (χ0v) is 11.2. The van der Waals surface area contributed by atoms with E-state index in [1.807, 2.05) is 30.3 Å². The van der Waals surface area contributed by atoms with Gasteiger partial charge in [-0.1, -0.05) is 48.5 Å². The van der Waals surface area contributed by atoms with Gasteiger partial charge in [-0.2, -0.15) is 0 Å². The molecule has 0 saturated heterocycles. The Kier molecular flexibility index (Phi) is 3.26. The molecule has 2 aromatic carbocycles. The minimum Gasteiger partial charge on any atom is -0.387 e. The maximum Gasteiger partial charge on any atom is 0.0964 e. The van der Waals surface area contributed by atoms with Gasteiger partial charge in [0.1, 0.15) is 0 Å². The fourth-order valence-corrected chi connectivity index (χ4v) is 2.87. The molecule has 2 aromatic rings. The third-order valence-corrected chi connectivity index (χ3v) is 3.90. The number of aliphatic hydroxyl groups is 1. The van der Waals surface area contributed by atoms with Crippen LogP contribution < -0.4 is 4.90 Å². The second kappa shape index (κ2) is 5.06. The smallest absolute Gasteiger partial charge is 0.0964 e. The largest absolute Gasteiger partial charge is 0.387 e. The summed E-state index contributed by atoms with van der Waals surface area (Å²) >= 11 is 0. The quantitative estimate of drug-likeness (QED) is 0.908. The number of β-amino-alcohol motifs (C(OH)–C–C–N with tert-alkyl or cyclic N) is 1. The van der Waals surface area contributed by atoms with Crippen molar-refractivity contribution in [3.8, 4) is 0 Å². The Hall–Kier alpha value is -1.80. The van der Waals surface area contributed by atoms with Crippen LogP contribution in [0.3, 0.4) is 0 Å². The van der Waals surface area contributed by atoms with E-state index in [1.165, 1.54) is 11.3 Å². The Morgan fingerprint density at radius 2 is 1.79 bits per heavy atom. The zero-order chi connectivity index (χ0) is 13.2. The standard InChI is InChI=1S/C17H19NO/c1-13-11-15-9-5-6-10-16(15)18(13)12-17(19)14-7-3-2-4-8-14/h2-10,13,17,19H,11-12H2,1H3/t13-,17-/m0/s1. The minimum atomic E-state index is -0.435. The summed E-state index contributed by atoms with van der Waals surface area (Å²) < 4.78 is 0. The summed E-state index contributed by atoms with van der Waals surface area (Å²) in [6, 6.07) is 18.8. The number of fused-ring (bicyclic) bond motifs is 1. The van der Waals surface area contributed by atoms with E-state index in [0.29, 0.717) is 12.6 Å². The molecule has 19 heavy (non-hydrogen) atoms. The topological polar surface area (TPSA) is 23.5 Å². The van der Waals surface area contributed by atoms with Gasteiger partial charge in [0.25, 0.3) is 0 Å². The molecule has 0 aromatic heterocycles. The lowest BCUT2D eigenvalue weighted by atomic mass is 10.1. The van der Waals surface area contributed by atoms with Gasteiger partial charge < -0.3 is 10.0 Å². The monoisotopic (exact) mass is 253 g/mol. The van der Waals surface area contributed by atoms with Gasteiger partial charge in [0.05, 0.1) is 6.10 Å². The van der Waals surface area contributed by atoms with Crippen LogP contribution in [0.4, 0.5) is 5.69 Å². The van der Waals surface area contributed by atoms with Crippen molar-refractivity contribution in [3.05, 3.63) is 65.7 Å². The van der Waals surface area contributed by atoms with Crippen LogP contribution in [0, 0.1) is 0 Å². The third-order valence-electron chi connectivity index (χ3n) is 3.90. The highest BCUT2D eigenvalue weighted by Crippen LogP contribution is 2.33. The molecule has 0 aliphatic carbocycles. The number of rotatable bonds is 3. The van der Waals surface area contributed by atoms with E-state index in [-0.39, 0.29) is 0 Å². The van der Waals surface area contributed by atoms with E-state index in [1.54, 1.807) is 0 Å². The first-order valence-corrected chi connectivity index (χ1v) is 6.83. The van der Waals surface area contributed by atoms with Crippen molar-refractivity contribution < 1.29 is 5.11 Å². The molecule has 3 rings (SSSR count). The number of para-hydroxylation sites is 1. The van der Waals surface area contributed by atoms with Gasteiger partial charge in [-0.3, -0.25) is 0 Å². The fourth-order valence-electron chi connectivity index (χ4n) is 2.87. The van der Waals surface area contributed by atoms with Crippen LogP contribution in [0.1, 0.15) is 24.2 Å². The lowest BCUT2D eigenvalue weighted by Crippen LogP contribution is -2.33. The molecule has 2 atom stereocenters. The van der Waals surface area contributed by atoms with Crippen LogP contribution in [-0.2, 0) is 6.42 Å². The molecule has 0 unspecified atom stereocenters. The van der Waals surface area contributed by atoms with Crippen LogP contribution in [-0.4, -0.2) is 17.7 Å². The lowest BCUT2D eigenvalue weighted by Gasteiger charge is -2.27. The summed E-state index contributed by atoms with van der Waals surface area (Å²) in [7, 11) is 0. The average molecular weight is 253 g/mol. The van der Waals surface area contributed by atoms with E-state index in [9.17, 15) is 5.11 Å². The molecule has 0 fully saturated rings. The van der Waals surface area contributed by atoms with Crippen LogP contribution in [0.25, 0.3) is 0 Å². The predicted octanol–water partition coefficient (Wildman–Crippen LogP) is 3.17. The molecule has 0 amide bonds. The van der Waals surface area contributed by atoms with Crippen molar-refractivity contribution in [2.75, 3.05) is 11.4 Å². The second-order valence-electron chi connectivity index (χ2n) is 5.26.